The van der Waals surface area contributed by atoms with Crippen LogP contribution in [0.3, 0.4) is 0 Å². The number of likely N-dealkylation sites (tertiary alicyclic amines) is 1. The molecule has 0 bridgehead atoms. The van der Waals surface area contributed by atoms with Crippen LogP contribution in [0, 0.1) is 0 Å². The predicted octanol–water partition coefficient (Wildman–Crippen LogP) is 2.49. The highest BCUT2D eigenvalue weighted by atomic mass is 16.5. The van der Waals surface area contributed by atoms with E-state index < -0.39 is 11.7 Å². The third-order valence-electron chi connectivity index (χ3n) is 5.84. The number of ketones is 1. The van der Waals surface area contributed by atoms with Gasteiger partial charge in [0, 0.05) is 18.5 Å². The Hall–Kier alpha value is -3.00. The number of nitrogens with zero attached hydrogens (tertiary/aromatic N) is 4. The molecule has 164 valence electrons. The van der Waals surface area contributed by atoms with E-state index in [4.69, 9.17) is 10.5 Å². The van der Waals surface area contributed by atoms with Crippen molar-refractivity contribution in [1.29, 1.82) is 0 Å². The molecule has 0 atom stereocenters. The summed E-state index contributed by atoms with van der Waals surface area (Å²) in [7, 11) is 0. The maximum absolute atomic E-state index is 12.9. The number of fused-ring (bicyclic) bond motifs is 1. The maximum Gasteiger partial charge on any atom is 0.320 e. The van der Waals surface area contributed by atoms with Gasteiger partial charge in [-0.2, -0.15) is 9.97 Å². The molecular formula is C23H29N5O3. The van der Waals surface area contributed by atoms with Gasteiger partial charge >= 0.3 is 6.01 Å². The molecule has 1 fully saturated rings. The van der Waals surface area contributed by atoms with Crippen LogP contribution in [0.2, 0.25) is 0 Å². The van der Waals surface area contributed by atoms with Gasteiger partial charge in [-0.15, -0.1) is 0 Å². The van der Waals surface area contributed by atoms with Gasteiger partial charge in [0.1, 0.15) is 11.6 Å². The molecule has 3 heterocycles. The van der Waals surface area contributed by atoms with Crippen molar-refractivity contribution in [2.45, 2.75) is 52.1 Å². The number of rotatable bonds is 8. The first-order valence-electron chi connectivity index (χ1n) is 11.0. The summed E-state index contributed by atoms with van der Waals surface area (Å²) in [6.07, 6.45) is 4.19. The predicted molar refractivity (Wildman–Crippen MR) is 118 cm³/mol. The number of Topliss-reactive ketones (excluding diaryl/α,β-unsaturated/α-hetero) is 1. The number of unbranched alkanes of at least 4 members (excludes halogenated alkanes) is 1. The lowest BCUT2D eigenvalue weighted by Gasteiger charge is -2.29. The molecule has 4 rings (SSSR count). The van der Waals surface area contributed by atoms with E-state index in [2.05, 4.69) is 27.9 Å². The zero-order chi connectivity index (χ0) is 21.8. The molecule has 1 saturated heterocycles. The van der Waals surface area contributed by atoms with Crippen molar-refractivity contribution in [3.63, 3.8) is 0 Å². The summed E-state index contributed by atoms with van der Waals surface area (Å²) in [5, 5.41) is 0. The molecule has 2 aliphatic heterocycles. The minimum absolute atomic E-state index is 0.0822. The zero-order valence-corrected chi connectivity index (χ0v) is 18.0. The second-order valence-electron chi connectivity index (χ2n) is 8.14. The molecule has 1 aromatic heterocycles. The summed E-state index contributed by atoms with van der Waals surface area (Å²) in [6, 6.07) is 8.18. The number of carbonyl (C=O) groups is 2. The topological polar surface area (TPSA) is 102 Å². The summed E-state index contributed by atoms with van der Waals surface area (Å²) in [6.45, 7) is 5.79. The van der Waals surface area contributed by atoms with Crippen molar-refractivity contribution in [2.24, 2.45) is 0 Å². The van der Waals surface area contributed by atoms with E-state index in [9.17, 15) is 9.59 Å². The fourth-order valence-electron chi connectivity index (χ4n) is 4.08. The Labute approximate surface area is 182 Å². The van der Waals surface area contributed by atoms with E-state index in [1.807, 2.05) is 18.2 Å². The second kappa shape index (κ2) is 9.43. The van der Waals surface area contributed by atoms with Gasteiger partial charge < -0.3 is 10.5 Å². The van der Waals surface area contributed by atoms with Gasteiger partial charge in [-0.05, 0) is 43.5 Å². The number of hydrogen-bond acceptors (Lipinski definition) is 7. The fourth-order valence-corrected chi connectivity index (χ4v) is 4.08. The van der Waals surface area contributed by atoms with Crippen molar-refractivity contribution in [3.05, 3.63) is 41.0 Å². The molecule has 0 unspecified atom stereocenters. The van der Waals surface area contributed by atoms with E-state index >= 15 is 0 Å². The van der Waals surface area contributed by atoms with Gasteiger partial charge in [0.05, 0.1) is 13.2 Å². The number of anilines is 2. The molecule has 2 aliphatic rings. The van der Waals surface area contributed by atoms with E-state index in [0.29, 0.717) is 18.0 Å². The summed E-state index contributed by atoms with van der Waals surface area (Å²) in [5.41, 5.74) is 8.76. The summed E-state index contributed by atoms with van der Waals surface area (Å²) >= 11 is 0. The van der Waals surface area contributed by atoms with Crippen molar-refractivity contribution in [2.75, 3.05) is 30.3 Å². The number of ether oxygens (including phenoxy) is 1. The molecular weight excluding hydrogens is 394 g/mol. The van der Waals surface area contributed by atoms with Crippen LogP contribution in [-0.4, -0.2) is 46.3 Å². The lowest BCUT2D eigenvalue weighted by Crippen LogP contribution is -2.42. The number of amides is 1. The number of hydrogen-bond donors (Lipinski definition) is 1. The first-order valence-corrected chi connectivity index (χ1v) is 11.0. The molecule has 0 saturated carbocycles. The molecule has 0 spiro atoms. The molecule has 0 radical (unpaired) electrons. The number of carbonyl (C=O) groups excluding carboxylic acids is 2. The van der Waals surface area contributed by atoms with Crippen LogP contribution in [0.25, 0.3) is 0 Å². The Morgan fingerprint density at radius 3 is 2.48 bits per heavy atom. The van der Waals surface area contributed by atoms with Crippen LogP contribution in [0.15, 0.2) is 24.3 Å². The molecule has 2 N–H and O–H groups in total. The lowest BCUT2D eigenvalue weighted by atomic mass is 10.0. The number of nitrogen functional groups attached to an aromatic ring is 1. The highest BCUT2D eigenvalue weighted by molar-refractivity contribution is 6.43. The molecule has 1 amide bonds. The van der Waals surface area contributed by atoms with Crippen LogP contribution in [0.5, 0.6) is 6.01 Å². The van der Waals surface area contributed by atoms with Crippen molar-refractivity contribution >= 4 is 23.3 Å². The summed E-state index contributed by atoms with van der Waals surface area (Å²) in [4.78, 5) is 37.8. The second-order valence-corrected chi connectivity index (χ2v) is 8.14. The molecule has 2 aromatic rings. The standard InChI is InChI=1S/C23H29N5O3/c1-2-3-12-31-23-25-20(24)18-13-19(29)22(30)28(21(18)26-23)15-17-9-5-4-8-16(17)14-27-10-6-7-11-27/h4-5,8-9H,2-3,6-7,10-15H2,1H3,(H2,24,25,26). The SMILES string of the molecule is CCCCOc1nc(N)c2c(n1)N(Cc1ccccc1CN1CCCC1)C(=O)C(=O)C2. The Morgan fingerprint density at radius 1 is 1.06 bits per heavy atom. The van der Waals surface area contributed by atoms with Gasteiger partial charge in [-0.25, -0.2) is 0 Å². The Morgan fingerprint density at radius 2 is 1.77 bits per heavy atom. The Balaban J connectivity index is 1.64. The van der Waals surface area contributed by atoms with Crippen molar-refractivity contribution < 1.29 is 14.3 Å². The molecule has 8 heteroatoms. The monoisotopic (exact) mass is 423 g/mol. The zero-order valence-electron chi connectivity index (χ0n) is 18.0. The minimum atomic E-state index is -0.568. The quantitative estimate of drug-likeness (QED) is 0.514. The molecule has 0 aliphatic carbocycles. The van der Waals surface area contributed by atoms with Gasteiger partial charge in [0.15, 0.2) is 0 Å². The molecule has 8 nitrogen and oxygen atoms in total. The van der Waals surface area contributed by atoms with Crippen LogP contribution >= 0.6 is 0 Å². The first kappa shape index (κ1) is 21.2. The van der Waals surface area contributed by atoms with Gasteiger partial charge in [0.25, 0.3) is 5.91 Å². The lowest BCUT2D eigenvalue weighted by molar-refractivity contribution is -0.136. The summed E-state index contributed by atoms with van der Waals surface area (Å²) < 4.78 is 5.63. The largest absolute Gasteiger partial charge is 0.463 e. The average Bonchev–Trinajstić information content (AvgIpc) is 3.27. The van der Waals surface area contributed by atoms with Crippen LogP contribution in [0.4, 0.5) is 11.6 Å². The maximum atomic E-state index is 12.9. The number of nitrogens with two attached hydrogens (primary N) is 1. The van der Waals surface area contributed by atoms with Gasteiger partial charge in [-0.1, -0.05) is 37.6 Å². The highest BCUT2D eigenvalue weighted by Crippen LogP contribution is 2.32. The molecule has 31 heavy (non-hydrogen) atoms. The van der Waals surface area contributed by atoms with Gasteiger partial charge in [0.2, 0.25) is 5.78 Å². The minimum Gasteiger partial charge on any atom is -0.463 e. The number of benzene rings is 1. The number of aromatic nitrogens is 2. The van der Waals surface area contributed by atoms with Crippen molar-refractivity contribution in [3.8, 4) is 6.01 Å². The van der Waals surface area contributed by atoms with E-state index in [1.165, 1.54) is 17.7 Å². The van der Waals surface area contributed by atoms with Crippen LogP contribution in [-0.2, 0) is 29.1 Å². The van der Waals surface area contributed by atoms with E-state index in [0.717, 1.165) is 43.6 Å². The highest BCUT2D eigenvalue weighted by Gasteiger charge is 2.35. The third-order valence-corrected chi connectivity index (χ3v) is 5.84. The van der Waals surface area contributed by atoms with Gasteiger partial charge in [-0.3, -0.25) is 19.4 Å². The smallest absolute Gasteiger partial charge is 0.320 e. The Bertz CT molecular complexity index is 972. The third kappa shape index (κ3) is 4.69. The van der Waals surface area contributed by atoms with Crippen LogP contribution < -0.4 is 15.4 Å². The van der Waals surface area contributed by atoms with E-state index in [1.54, 1.807) is 0 Å². The van der Waals surface area contributed by atoms with Crippen molar-refractivity contribution in [1.82, 2.24) is 14.9 Å². The van der Waals surface area contributed by atoms with E-state index in [-0.39, 0.29) is 24.8 Å². The normalized spacial score (nSPS) is 16.6. The first-order chi connectivity index (χ1) is 15.1. The average molecular weight is 424 g/mol. The van der Waals surface area contributed by atoms with Crippen LogP contribution in [0.1, 0.15) is 49.3 Å². The molecule has 1 aromatic carbocycles. The fraction of sp³-hybridized carbons (Fsp3) is 0.478. The summed E-state index contributed by atoms with van der Waals surface area (Å²) in [5.74, 6) is -0.507. The Kier molecular flexibility index (Phi) is 6.46.